The zero-order valence-electron chi connectivity index (χ0n) is 14.9. The van der Waals surface area contributed by atoms with Gasteiger partial charge in [0.05, 0.1) is 11.4 Å². The van der Waals surface area contributed by atoms with Crippen LogP contribution in [0.15, 0.2) is 54.6 Å². The molecule has 7 heteroatoms. The average molecular weight is 363 g/mol. The number of hydrogen-bond acceptors (Lipinski definition) is 4. The summed E-state index contributed by atoms with van der Waals surface area (Å²) in [4.78, 5) is 27.1. The highest BCUT2D eigenvalue weighted by Crippen LogP contribution is 2.19. The third kappa shape index (κ3) is 3.81. The minimum absolute atomic E-state index is 0.0371. The number of aromatic nitrogens is 3. The second-order valence-electron chi connectivity index (χ2n) is 6.77. The van der Waals surface area contributed by atoms with Crippen molar-refractivity contribution in [3.8, 4) is 0 Å². The number of benzene rings is 2. The zero-order valence-corrected chi connectivity index (χ0v) is 14.9. The fourth-order valence-electron chi connectivity index (χ4n) is 3.45. The number of carbonyl (C=O) groups is 2. The molecular formula is C20H21N5O2. The Hall–Kier alpha value is -3.22. The molecule has 2 aromatic carbocycles. The van der Waals surface area contributed by atoms with Gasteiger partial charge in [0.15, 0.2) is 0 Å². The SMILES string of the molecule is O=C(Nc1ccccc1)C1CCCN(C(=O)Cn2nnc3ccccc32)C1. The van der Waals surface area contributed by atoms with Gasteiger partial charge in [-0.3, -0.25) is 9.59 Å². The highest BCUT2D eigenvalue weighted by atomic mass is 16.2. The summed E-state index contributed by atoms with van der Waals surface area (Å²) in [7, 11) is 0. The van der Waals surface area contributed by atoms with Crippen molar-refractivity contribution in [3.63, 3.8) is 0 Å². The first-order valence-corrected chi connectivity index (χ1v) is 9.12. The minimum atomic E-state index is -0.199. The lowest BCUT2D eigenvalue weighted by atomic mass is 9.97. The topological polar surface area (TPSA) is 80.1 Å². The van der Waals surface area contributed by atoms with Crippen LogP contribution in [-0.2, 0) is 16.1 Å². The standard InChI is InChI=1S/C20H21N5O2/c26-19(14-25-18-11-5-4-10-17(18)22-23-25)24-12-6-7-15(13-24)20(27)21-16-8-2-1-3-9-16/h1-5,8-11,15H,6-7,12-14H2,(H,21,27). The summed E-state index contributed by atoms with van der Waals surface area (Å²) in [6.45, 7) is 1.23. The van der Waals surface area contributed by atoms with E-state index in [1.54, 1.807) is 9.58 Å². The number of hydrogen-bond donors (Lipinski definition) is 1. The monoisotopic (exact) mass is 363 g/mol. The van der Waals surface area contributed by atoms with Crippen molar-refractivity contribution in [2.24, 2.45) is 5.92 Å². The summed E-state index contributed by atoms with van der Waals surface area (Å²) in [6.07, 6.45) is 1.60. The second-order valence-corrected chi connectivity index (χ2v) is 6.77. The quantitative estimate of drug-likeness (QED) is 0.771. The molecule has 1 atom stereocenters. The largest absolute Gasteiger partial charge is 0.340 e. The molecule has 1 aliphatic rings. The Balaban J connectivity index is 1.40. The summed E-state index contributed by atoms with van der Waals surface area (Å²) in [5, 5.41) is 11.1. The number of rotatable bonds is 4. The molecule has 1 unspecified atom stereocenters. The van der Waals surface area contributed by atoms with Crippen LogP contribution >= 0.6 is 0 Å². The van der Waals surface area contributed by atoms with E-state index < -0.39 is 0 Å². The Bertz CT molecular complexity index is 953. The van der Waals surface area contributed by atoms with Gasteiger partial charge in [0.1, 0.15) is 12.1 Å². The van der Waals surface area contributed by atoms with E-state index in [1.165, 1.54) is 0 Å². The van der Waals surface area contributed by atoms with Crippen LogP contribution in [0.25, 0.3) is 11.0 Å². The van der Waals surface area contributed by atoms with Crippen LogP contribution in [-0.4, -0.2) is 44.8 Å². The Morgan fingerprint density at radius 2 is 1.85 bits per heavy atom. The van der Waals surface area contributed by atoms with Gasteiger partial charge < -0.3 is 10.2 Å². The Labute approximate surface area is 157 Å². The number of nitrogens with one attached hydrogen (secondary N) is 1. The molecule has 138 valence electrons. The van der Waals surface area contributed by atoms with E-state index >= 15 is 0 Å². The lowest BCUT2D eigenvalue weighted by Crippen LogP contribution is -2.45. The van der Waals surface area contributed by atoms with Gasteiger partial charge in [0, 0.05) is 18.8 Å². The van der Waals surface area contributed by atoms with Crippen LogP contribution in [0.3, 0.4) is 0 Å². The smallest absolute Gasteiger partial charge is 0.244 e. The lowest BCUT2D eigenvalue weighted by molar-refractivity contribution is -0.135. The molecule has 0 spiro atoms. The average Bonchev–Trinajstić information content (AvgIpc) is 3.12. The second kappa shape index (κ2) is 7.57. The van der Waals surface area contributed by atoms with Crippen molar-refractivity contribution in [1.29, 1.82) is 0 Å². The van der Waals surface area contributed by atoms with Gasteiger partial charge in [-0.15, -0.1) is 5.10 Å². The van der Waals surface area contributed by atoms with Gasteiger partial charge in [-0.2, -0.15) is 0 Å². The highest BCUT2D eigenvalue weighted by molar-refractivity contribution is 5.93. The molecule has 27 heavy (non-hydrogen) atoms. The predicted octanol–water partition coefficient (Wildman–Crippen LogP) is 2.31. The third-order valence-corrected chi connectivity index (χ3v) is 4.89. The molecular weight excluding hydrogens is 342 g/mol. The van der Waals surface area contributed by atoms with E-state index in [0.717, 1.165) is 29.6 Å². The van der Waals surface area contributed by atoms with Gasteiger partial charge in [-0.25, -0.2) is 4.68 Å². The summed E-state index contributed by atoms with van der Waals surface area (Å²) < 4.78 is 1.62. The maximum atomic E-state index is 12.7. The lowest BCUT2D eigenvalue weighted by Gasteiger charge is -2.32. The fourth-order valence-corrected chi connectivity index (χ4v) is 3.45. The molecule has 4 rings (SSSR count). The van der Waals surface area contributed by atoms with Gasteiger partial charge >= 0.3 is 0 Å². The van der Waals surface area contributed by atoms with Crippen molar-refractivity contribution in [2.45, 2.75) is 19.4 Å². The predicted molar refractivity (Wildman–Crippen MR) is 102 cm³/mol. The van der Waals surface area contributed by atoms with Crippen LogP contribution in [0.1, 0.15) is 12.8 Å². The van der Waals surface area contributed by atoms with Crippen LogP contribution < -0.4 is 5.32 Å². The number of likely N-dealkylation sites (tertiary alicyclic amines) is 1. The number of amides is 2. The maximum absolute atomic E-state index is 12.7. The zero-order chi connectivity index (χ0) is 18.6. The Kier molecular flexibility index (Phi) is 4.82. The van der Waals surface area contributed by atoms with Crippen molar-refractivity contribution in [3.05, 3.63) is 54.6 Å². The van der Waals surface area contributed by atoms with Gasteiger partial charge in [0.25, 0.3) is 0 Å². The molecule has 7 nitrogen and oxygen atoms in total. The summed E-state index contributed by atoms with van der Waals surface area (Å²) in [5.74, 6) is -0.275. The summed E-state index contributed by atoms with van der Waals surface area (Å²) >= 11 is 0. The molecule has 2 heterocycles. The van der Waals surface area contributed by atoms with Crippen LogP contribution in [0.2, 0.25) is 0 Å². The van der Waals surface area contributed by atoms with E-state index in [4.69, 9.17) is 0 Å². The molecule has 1 saturated heterocycles. The van der Waals surface area contributed by atoms with Crippen LogP contribution in [0.5, 0.6) is 0 Å². The third-order valence-electron chi connectivity index (χ3n) is 4.89. The van der Waals surface area contributed by atoms with Crippen molar-refractivity contribution < 1.29 is 9.59 Å². The molecule has 2 amide bonds. The van der Waals surface area contributed by atoms with E-state index in [9.17, 15) is 9.59 Å². The normalized spacial score (nSPS) is 17.0. The molecule has 1 aliphatic heterocycles. The number of anilines is 1. The first-order valence-electron chi connectivity index (χ1n) is 9.12. The number of piperidine rings is 1. The Morgan fingerprint density at radius 3 is 2.70 bits per heavy atom. The molecule has 0 bridgehead atoms. The number of fused-ring (bicyclic) bond motifs is 1. The molecule has 3 aromatic rings. The fraction of sp³-hybridized carbons (Fsp3) is 0.300. The first-order chi connectivity index (χ1) is 13.2. The molecule has 1 aromatic heterocycles. The highest BCUT2D eigenvalue weighted by Gasteiger charge is 2.28. The molecule has 0 saturated carbocycles. The van der Waals surface area contributed by atoms with E-state index in [0.29, 0.717) is 13.1 Å². The van der Waals surface area contributed by atoms with Crippen molar-refractivity contribution in [1.82, 2.24) is 19.9 Å². The molecule has 1 fully saturated rings. The van der Waals surface area contributed by atoms with Gasteiger partial charge in [-0.1, -0.05) is 35.5 Å². The van der Waals surface area contributed by atoms with E-state index in [1.807, 2.05) is 54.6 Å². The van der Waals surface area contributed by atoms with Crippen molar-refractivity contribution >= 4 is 28.5 Å². The Morgan fingerprint density at radius 1 is 1.07 bits per heavy atom. The molecule has 0 radical (unpaired) electrons. The van der Waals surface area contributed by atoms with Gasteiger partial charge in [-0.05, 0) is 37.1 Å². The van der Waals surface area contributed by atoms with Crippen LogP contribution in [0, 0.1) is 5.92 Å². The summed E-state index contributed by atoms with van der Waals surface area (Å²) in [5.41, 5.74) is 2.38. The van der Waals surface area contributed by atoms with Crippen LogP contribution in [0.4, 0.5) is 5.69 Å². The summed E-state index contributed by atoms with van der Waals surface area (Å²) in [6, 6.07) is 17.0. The maximum Gasteiger partial charge on any atom is 0.244 e. The number of nitrogens with zero attached hydrogens (tertiary/aromatic N) is 4. The molecule has 1 N–H and O–H groups in total. The molecule has 0 aliphatic carbocycles. The van der Waals surface area contributed by atoms with Gasteiger partial charge in [0.2, 0.25) is 11.8 Å². The first kappa shape index (κ1) is 17.2. The minimum Gasteiger partial charge on any atom is -0.340 e. The van der Waals surface area contributed by atoms with Crippen molar-refractivity contribution in [2.75, 3.05) is 18.4 Å². The van der Waals surface area contributed by atoms with E-state index in [2.05, 4.69) is 15.6 Å². The number of carbonyl (C=O) groups excluding carboxylic acids is 2. The number of para-hydroxylation sites is 2. The van der Waals surface area contributed by atoms with E-state index in [-0.39, 0.29) is 24.3 Å².